The molecule has 2 aromatic carbocycles. The summed E-state index contributed by atoms with van der Waals surface area (Å²) in [5.74, 6) is 0.296. The molecular weight excluding hydrogens is 300 g/mol. The monoisotopic (exact) mass is 314 g/mol. The largest absolute Gasteiger partial charge is 0.382 e. The molecule has 116 valence electrons. The standard InChI is InChI=1S/C18H14N6/c1-11-5-4-6-12(9-11)23-24-17(20)13(10-19)16-18(24)22-15-8-3-2-7-14(15)21-16/h2-9,23H,20H2,1H3. The van der Waals surface area contributed by atoms with Gasteiger partial charge in [0.05, 0.1) is 16.7 Å². The summed E-state index contributed by atoms with van der Waals surface area (Å²) in [5.41, 5.74) is 14.2. The number of fused-ring (bicyclic) bond motifs is 2. The van der Waals surface area contributed by atoms with Crippen LogP contribution in [0.5, 0.6) is 0 Å². The fourth-order valence-electron chi connectivity index (χ4n) is 2.73. The highest BCUT2D eigenvalue weighted by molar-refractivity contribution is 5.92. The van der Waals surface area contributed by atoms with Crippen molar-refractivity contribution in [3.05, 3.63) is 59.7 Å². The topological polar surface area (TPSA) is 92.6 Å². The van der Waals surface area contributed by atoms with Gasteiger partial charge in [0.2, 0.25) is 0 Å². The lowest BCUT2D eigenvalue weighted by Gasteiger charge is -2.11. The van der Waals surface area contributed by atoms with Gasteiger partial charge in [-0.05, 0) is 36.8 Å². The fourth-order valence-corrected chi connectivity index (χ4v) is 2.73. The van der Waals surface area contributed by atoms with Crippen LogP contribution < -0.4 is 11.2 Å². The first-order valence-corrected chi connectivity index (χ1v) is 7.48. The lowest BCUT2D eigenvalue weighted by Crippen LogP contribution is -2.13. The smallest absolute Gasteiger partial charge is 0.181 e. The molecule has 0 aliphatic rings. The second-order valence-corrected chi connectivity index (χ2v) is 5.57. The lowest BCUT2D eigenvalue weighted by atomic mass is 10.2. The van der Waals surface area contributed by atoms with Crippen molar-refractivity contribution in [1.29, 1.82) is 5.26 Å². The van der Waals surface area contributed by atoms with E-state index >= 15 is 0 Å². The molecule has 0 aliphatic carbocycles. The molecule has 0 saturated heterocycles. The van der Waals surface area contributed by atoms with Crippen molar-refractivity contribution >= 4 is 33.7 Å². The molecule has 0 amide bonds. The van der Waals surface area contributed by atoms with Crippen molar-refractivity contribution < 1.29 is 0 Å². The minimum absolute atomic E-state index is 0.296. The summed E-state index contributed by atoms with van der Waals surface area (Å²) in [5, 5.41) is 9.47. The predicted octanol–water partition coefficient (Wildman–Crippen LogP) is 3.22. The molecule has 0 atom stereocenters. The number of hydrogen-bond acceptors (Lipinski definition) is 5. The summed E-state index contributed by atoms with van der Waals surface area (Å²) >= 11 is 0. The molecule has 0 spiro atoms. The number of hydrogen-bond donors (Lipinski definition) is 2. The predicted molar refractivity (Wildman–Crippen MR) is 94.4 cm³/mol. The van der Waals surface area contributed by atoms with Gasteiger partial charge >= 0.3 is 0 Å². The molecule has 4 rings (SSSR count). The number of benzene rings is 2. The van der Waals surface area contributed by atoms with Crippen LogP contribution in [0.1, 0.15) is 11.1 Å². The maximum absolute atomic E-state index is 9.47. The van der Waals surface area contributed by atoms with Gasteiger partial charge in [-0.15, -0.1) is 0 Å². The number of anilines is 2. The number of nitrogens with one attached hydrogen (secondary N) is 1. The molecule has 6 nitrogen and oxygen atoms in total. The highest BCUT2D eigenvalue weighted by Gasteiger charge is 2.18. The molecular formula is C18H14N6. The van der Waals surface area contributed by atoms with Gasteiger partial charge in [-0.1, -0.05) is 24.3 Å². The van der Waals surface area contributed by atoms with Crippen LogP contribution in [-0.4, -0.2) is 14.6 Å². The first kappa shape index (κ1) is 14.0. The zero-order chi connectivity index (χ0) is 16.7. The first-order chi connectivity index (χ1) is 11.7. The second kappa shape index (κ2) is 5.25. The number of nitrogens with two attached hydrogens (primary N) is 1. The molecule has 24 heavy (non-hydrogen) atoms. The average Bonchev–Trinajstić information content (AvgIpc) is 2.84. The SMILES string of the molecule is Cc1cccc(Nn2c(N)c(C#N)c3nc4ccccc4nc32)c1. The highest BCUT2D eigenvalue weighted by atomic mass is 15.4. The summed E-state index contributed by atoms with van der Waals surface area (Å²) in [6.45, 7) is 2.01. The minimum Gasteiger partial charge on any atom is -0.382 e. The van der Waals surface area contributed by atoms with E-state index in [-0.39, 0.29) is 0 Å². The van der Waals surface area contributed by atoms with Crippen LogP contribution >= 0.6 is 0 Å². The van der Waals surface area contributed by atoms with Gasteiger partial charge in [0.15, 0.2) is 5.65 Å². The first-order valence-electron chi connectivity index (χ1n) is 7.48. The molecule has 4 aromatic rings. The van der Waals surface area contributed by atoms with Crippen molar-refractivity contribution in [2.24, 2.45) is 0 Å². The van der Waals surface area contributed by atoms with Crippen LogP contribution in [-0.2, 0) is 0 Å². The van der Waals surface area contributed by atoms with E-state index in [0.29, 0.717) is 22.5 Å². The Bertz CT molecular complexity index is 1120. The maximum atomic E-state index is 9.47. The Balaban J connectivity index is 1.98. The number of aromatic nitrogens is 3. The van der Waals surface area contributed by atoms with Crippen LogP contribution in [0.3, 0.4) is 0 Å². The Morgan fingerprint density at radius 1 is 1.08 bits per heavy atom. The van der Waals surface area contributed by atoms with E-state index in [4.69, 9.17) is 5.73 Å². The normalized spacial score (nSPS) is 10.8. The highest BCUT2D eigenvalue weighted by Crippen LogP contribution is 2.27. The van der Waals surface area contributed by atoms with Crippen molar-refractivity contribution in [1.82, 2.24) is 14.6 Å². The summed E-state index contributed by atoms with van der Waals surface area (Å²) in [6, 6.07) is 17.6. The third kappa shape index (κ3) is 2.11. The summed E-state index contributed by atoms with van der Waals surface area (Å²) < 4.78 is 1.61. The molecule has 0 bridgehead atoms. The molecule has 0 radical (unpaired) electrons. The van der Waals surface area contributed by atoms with Crippen LogP contribution in [0, 0.1) is 18.3 Å². The van der Waals surface area contributed by atoms with E-state index in [9.17, 15) is 5.26 Å². The molecule has 3 N–H and O–H groups in total. The van der Waals surface area contributed by atoms with Gasteiger partial charge in [0, 0.05) is 0 Å². The number of rotatable bonds is 2. The van der Waals surface area contributed by atoms with E-state index < -0.39 is 0 Å². The van der Waals surface area contributed by atoms with Crippen molar-refractivity contribution in [2.45, 2.75) is 6.92 Å². The number of nitrogens with zero attached hydrogens (tertiary/aromatic N) is 4. The van der Waals surface area contributed by atoms with E-state index in [2.05, 4.69) is 21.5 Å². The molecule has 0 aliphatic heterocycles. The van der Waals surface area contributed by atoms with Gasteiger partial charge in [-0.3, -0.25) is 5.43 Å². The van der Waals surface area contributed by atoms with Gasteiger partial charge in [0.25, 0.3) is 0 Å². The van der Waals surface area contributed by atoms with Crippen molar-refractivity contribution in [3.8, 4) is 6.07 Å². The van der Waals surface area contributed by atoms with Crippen LogP contribution in [0.2, 0.25) is 0 Å². The second-order valence-electron chi connectivity index (χ2n) is 5.57. The third-order valence-corrected chi connectivity index (χ3v) is 3.87. The quantitative estimate of drug-likeness (QED) is 0.592. The Kier molecular flexibility index (Phi) is 3.07. The molecule has 0 fully saturated rings. The van der Waals surface area contributed by atoms with Crippen LogP contribution in [0.15, 0.2) is 48.5 Å². The number of nitrogen functional groups attached to an aromatic ring is 1. The average molecular weight is 314 g/mol. The van der Waals surface area contributed by atoms with E-state index in [1.807, 2.05) is 55.5 Å². The number of nitriles is 1. The van der Waals surface area contributed by atoms with Gasteiger partial charge in [-0.2, -0.15) is 5.26 Å². The van der Waals surface area contributed by atoms with Gasteiger partial charge in [0.1, 0.15) is 23.0 Å². The Hall–Kier alpha value is -3.59. The molecule has 6 heteroatoms. The zero-order valence-electron chi connectivity index (χ0n) is 13.0. The minimum atomic E-state index is 0.296. The third-order valence-electron chi connectivity index (χ3n) is 3.87. The molecule has 0 saturated carbocycles. The molecule has 0 unspecified atom stereocenters. The molecule has 2 heterocycles. The van der Waals surface area contributed by atoms with Crippen LogP contribution in [0.25, 0.3) is 22.2 Å². The summed E-state index contributed by atoms with van der Waals surface area (Å²) in [6.07, 6.45) is 0. The van der Waals surface area contributed by atoms with E-state index in [1.54, 1.807) is 4.68 Å². The Morgan fingerprint density at radius 2 is 1.83 bits per heavy atom. The Morgan fingerprint density at radius 3 is 2.54 bits per heavy atom. The van der Waals surface area contributed by atoms with Gasteiger partial charge in [-0.25, -0.2) is 14.6 Å². The summed E-state index contributed by atoms with van der Waals surface area (Å²) in [4.78, 5) is 9.20. The lowest BCUT2D eigenvalue weighted by molar-refractivity contribution is 1.00. The molecule has 2 aromatic heterocycles. The van der Waals surface area contributed by atoms with Crippen molar-refractivity contribution in [2.75, 3.05) is 11.2 Å². The van der Waals surface area contributed by atoms with E-state index in [1.165, 1.54) is 0 Å². The van der Waals surface area contributed by atoms with Gasteiger partial charge < -0.3 is 5.73 Å². The Labute approximate surface area is 138 Å². The zero-order valence-corrected chi connectivity index (χ0v) is 13.0. The fraction of sp³-hybridized carbons (Fsp3) is 0.0556. The maximum Gasteiger partial charge on any atom is 0.181 e. The van der Waals surface area contributed by atoms with E-state index in [0.717, 1.165) is 22.3 Å². The van der Waals surface area contributed by atoms with Crippen LogP contribution in [0.4, 0.5) is 11.5 Å². The summed E-state index contributed by atoms with van der Waals surface area (Å²) in [7, 11) is 0. The number of para-hydroxylation sites is 2. The van der Waals surface area contributed by atoms with Crippen molar-refractivity contribution in [3.63, 3.8) is 0 Å². The number of aryl methyl sites for hydroxylation is 1.